The van der Waals surface area contributed by atoms with Gasteiger partial charge in [0.15, 0.2) is 0 Å². The lowest BCUT2D eigenvalue weighted by Crippen LogP contribution is -2.59. The Kier molecular flexibility index (Phi) is 5.64. The molecule has 1 aliphatic rings. The number of benzene rings is 1. The van der Waals surface area contributed by atoms with Gasteiger partial charge in [-0.05, 0) is 30.5 Å². The van der Waals surface area contributed by atoms with Crippen LogP contribution in [0.25, 0.3) is 0 Å². The van der Waals surface area contributed by atoms with E-state index in [0.717, 1.165) is 5.56 Å². The van der Waals surface area contributed by atoms with Crippen LogP contribution in [0.4, 0.5) is 4.79 Å². The van der Waals surface area contributed by atoms with Crippen molar-refractivity contribution in [2.75, 3.05) is 13.1 Å². The lowest BCUT2D eigenvalue weighted by molar-refractivity contribution is -0.154. The second-order valence-corrected chi connectivity index (χ2v) is 7.61. The molecule has 2 rings (SSSR count). The maximum absolute atomic E-state index is 12.6. The molecule has 2 atom stereocenters. The molecule has 1 aromatic carbocycles. The Morgan fingerprint density at radius 1 is 1.32 bits per heavy atom. The summed E-state index contributed by atoms with van der Waals surface area (Å²) >= 11 is 5.93. The van der Waals surface area contributed by atoms with Crippen molar-refractivity contribution in [3.05, 3.63) is 34.9 Å². The van der Waals surface area contributed by atoms with E-state index in [1.807, 2.05) is 26.0 Å². The van der Waals surface area contributed by atoms with Crippen LogP contribution in [0.5, 0.6) is 0 Å². The number of hydrogen-bond donors (Lipinski definition) is 3. The summed E-state index contributed by atoms with van der Waals surface area (Å²) in [6.07, 6.45) is -0.463. The molecule has 1 heterocycles. The van der Waals surface area contributed by atoms with Crippen molar-refractivity contribution in [1.29, 1.82) is 0 Å². The normalized spacial score (nSPS) is 23.8. The van der Waals surface area contributed by atoms with Crippen molar-refractivity contribution in [3.8, 4) is 0 Å². The average Bonchev–Trinajstić information content (AvgIpc) is 2.54. The molecular weight excluding hydrogens is 344 g/mol. The molecule has 0 radical (unpaired) electrons. The minimum absolute atomic E-state index is 0.254. The van der Waals surface area contributed by atoms with Crippen LogP contribution in [-0.2, 0) is 10.4 Å². The van der Waals surface area contributed by atoms with Crippen LogP contribution in [0.2, 0.25) is 5.02 Å². The number of nitrogens with one attached hydrogen (secondary N) is 1. The summed E-state index contributed by atoms with van der Waals surface area (Å²) in [5.41, 5.74) is -0.920. The fraction of sp³-hybridized carbons (Fsp3) is 0.556. The number of halogens is 1. The molecule has 1 aliphatic heterocycles. The first-order valence-electron chi connectivity index (χ1n) is 8.37. The van der Waals surface area contributed by atoms with E-state index in [9.17, 15) is 14.7 Å². The van der Waals surface area contributed by atoms with E-state index in [1.165, 1.54) is 0 Å². The third-order valence-electron chi connectivity index (χ3n) is 5.09. The fourth-order valence-corrected chi connectivity index (χ4v) is 3.60. The van der Waals surface area contributed by atoms with Gasteiger partial charge < -0.3 is 20.4 Å². The number of amides is 2. The molecule has 2 amide bonds. The number of nitrogens with zero attached hydrogens (tertiary/aromatic N) is 1. The number of carboxylic acid groups (broad SMARTS) is 1. The molecule has 0 bridgehead atoms. The lowest BCUT2D eigenvalue weighted by Gasteiger charge is -2.51. The summed E-state index contributed by atoms with van der Waals surface area (Å²) < 4.78 is 0. The predicted octanol–water partition coefficient (Wildman–Crippen LogP) is 2.83. The average molecular weight is 369 g/mol. The first-order valence-corrected chi connectivity index (χ1v) is 8.75. The molecule has 0 aliphatic carbocycles. The summed E-state index contributed by atoms with van der Waals surface area (Å²) in [5, 5.41) is 23.1. The summed E-state index contributed by atoms with van der Waals surface area (Å²) in [4.78, 5) is 25.1. The number of carbonyl (C=O) groups excluding carboxylic acids is 1. The number of piperidine rings is 1. The van der Waals surface area contributed by atoms with E-state index < -0.39 is 23.2 Å². The summed E-state index contributed by atoms with van der Waals surface area (Å²) in [6.45, 7) is 6.28. The highest BCUT2D eigenvalue weighted by molar-refractivity contribution is 6.30. The third kappa shape index (κ3) is 3.90. The number of rotatable bonds is 4. The van der Waals surface area contributed by atoms with Crippen LogP contribution in [0.3, 0.4) is 0 Å². The Bertz CT molecular complexity index is 647. The van der Waals surface area contributed by atoms with E-state index in [2.05, 4.69) is 5.32 Å². The Morgan fingerprint density at radius 3 is 2.40 bits per heavy atom. The van der Waals surface area contributed by atoms with E-state index in [4.69, 9.17) is 16.7 Å². The standard InChI is InChI=1S/C18H25ClN2O4/c1-4-14(20-16(23)24)15(22)21-10-9-18(25,17(2,3)11-21)12-5-7-13(19)8-6-12/h5-8,14,20,25H,4,9-11H2,1-3H3,(H,23,24). The Morgan fingerprint density at radius 2 is 1.92 bits per heavy atom. The molecule has 2 unspecified atom stereocenters. The highest BCUT2D eigenvalue weighted by Gasteiger charge is 2.50. The first-order chi connectivity index (χ1) is 11.6. The van der Waals surface area contributed by atoms with Gasteiger partial charge in [-0.25, -0.2) is 4.79 Å². The van der Waals surface area contributed by atoms with E-state index in [-0.39, 0.29) is 5.91 Å². The molecule has 7 heteroatoms. The van der Waals surface area contributed by atoms with Gasteiger partial charge in [-0.1, -0.05) is 44.5 Å². The molecule has 0 saturated carbocycles. The summed E-state index contributed by atoms with van der Waals surface area (Å²) in [7, 11) is 0. The van der Waals surface area contributed by atoms with Gasteiger partial charge >= 0.3 is 6.09 Å². The van der Waals surface area contributed by atoms with Gasteiger partial charge in [0, 0.05) is 23.5 Å². The third-order valence-corrected chi connectivity index (χ3v) is 5.34. The number of hydrogen-bond acceptors (Lipinski definition) is 3. The minimum atomic E-state index is -1.21. The smallest absolute Gasteiger partial charge is 0.405 e. The van der Waals surface area contributed by atoms with Gasteiger partial charge in [0.25, 0.3) is 0 Å². The molecule has 1 aromatic rings. The Labute approximate surface area is 152 Å². The quantitative estimate of drug-likeness (QED) is 0.762. The first kappa shape index (κ1) is 19.5. The molecule has 0 aromatic heterocycles. The summed E-state index contributed by atoms with van der Waals surface area (Å²) in [5.74, 6) is -0.254. The molecule has 138 valence electrons. The molecule has 1 saturated heterocycles. The van der Waals surface area contributed by atoms with E-state index >= 15 is 0 Å². The Balaban J connectivity index is 2.20. The van der Waals surface area contributed by atoms with Gasteiger partial charge in [0.2, 0.25) is 5.91 Å². The maximum Gasteiger partial charge on any atom is 0.405 e. The SMILES string of the molecule is CCC(NC(=O)O)C(=O)N1CCC(O)(c2ccc(Cl)cc2)C(C)(C)C1. The maximum atomic E-state index is 12.6. The molecule has 3 N–H and O–H groups in total. The zero-order chi connectivity index (χ0) is 18.8. The van der Waals surface area contributed by atoms with Crippen LogP contribution in [0.15, 0.2) is 24.3 Å². The molecule has 1 fully saturated rings. The van der Waals surface area contributed by atoms with Crippen LogP contribution in [-0.4, -0.2) is 46.2 Å². The number of carbonyl (C=O) groups is 2. The van der Waals surface area contributed by atoms with Crippen LogP contribution >= 0.6 is 11.6 Å². The van der Waals surface area contributed by atoms with Crippen molar-refractivity contribution >= 4 is 23.6 Å². The van der Waals surface area contributed by atoms with Gasteiger partial charge in [-0.15, -0.1) is 0 Å². The van der Waals surface area contributed by atoms with Gasteiger partial charge in [0.05, 0.1) is 5.60 Å². The second kappa shape index (κ2) is 7.22. The van der Waals surface area contributed by atoms with Crippen molar-refractivity contribution in [2.24, 2.45) is 5.41 Å². The van der Waals surface area contributed by atoms with Crippen molar-refractivity contribution in [2.45, 2.75) is 45.3 Å². The van der Waals surface area contributed by atoms with Crippen molar-refractivity contribution in [3.63, 3.8) is 0 Å². The summed E-state index contributed by atoms with van der Waals surface area (Å²) in [6, 6.07) is 6.33. The fourth-order valence-electron chi connectivity index (χ4n) is 3.48. The number of likely N-dealkylation sites (tertiary alicyclic amines) is 1. The zero-order valence-electron chi connectivity index (χ0n) is 14.8. The molecule has 25 heavy (non-hydrogen) atoms. The lowest BCUT2D eigenvalue weighted by atomic mass is 9.66. The molecule has 6 nitrogen and oxygen atoms in total. The minimum Gasteiger partial charge on any atom is -0.465 e. The largest absolute Gasteiger partial charge is 0.465 e. The zero-order valence-corrected chi connectivity index (χ0v) is 15.5. The van der Waals surface area contributed by atoms with Crippen molar-refractivity contribution in [1.82, 2.24) is 10.2 Å². The van der Waals surface area contributed by atoms with Gasteiger partial charge in [-0.3, -0.25) is 4.79 Å². The van der Waals surface area contributed by atoms with Crippen molar-refractivity contribution < 1.29 is 19.8 Å². The highest BCUT2D eigenvalue weighted by Crippen LogP contribution is 2.46. The van der Waals surface area contributed by atoms with Gasteiger partial charge in [-0.2, -0.15) is 0 Å². The topological polar surface area (TPSA) is 89.9 Å². The molecular formula is C18H25ClN2O4. The van der Waals surface area contributed by atoms with Crippen LogP contribution in [0, 0.1) is 5.41 Å². The monoisotopic (exact) mass is 368 g/mol. The second-order valence-electron chi connectivity index (χ2n) is 7.17. The predicted molar refractivity (Wildman–Crippen MR) is 95.6 cm³/mol. The Hall–Kier alpha value is -1.79. The van der Waals surface area contributed by atoms with Gasteiger partial charge in [0.1, 0.15) is 6.04 Å². The highest BCUT2D eigenvalue weighted by atomic mass is 35.5. The number of aliphatic hydroxyl groups is 1. The molecule has 0 spiro atoms. The van der Waals surface area contributed by atoms with E-state index in [0.29, 0.717) is 31.0 Å². The van der Waals surface area contributed by atoms with E-state index in [1.54, 1.807) is 24.0 Å². The van der Waals surface area contributed by atoms with Crippen LogP contribution < -0.4 is 5.32 Å². The van der Waals surface area contributed by atoms with Crippen LogP contribution in [0.1, 0.15) is 39.2 Å².